The SMILES string of the molecule is CCOC(=O)[C@H]1CC[C@](O)(C#C[Si](C)(C)C)C[C@@H]1c1ccccc1. The minimum absolute atomic E-state index is 0.0556. The fourth-order valence-corrected chi connectivity index (χ4v) is 3.81. The summed E-state index contributed by atoms with van der Waals surface area (Å²) >= 11 is 0. The van der Waals surface area contributed by atoms with Crippen molar-refractivity contribution in [3.8, 4) is 11.5 Å². The molecular formula is C20H28O3Si. The molecule has 0 unspecified atom stereocenters. The molecule has 0 aliphatic heterocycles. The molecule has 1 aliphatic carbocycles. The van der Waals surface area contributed by atoms with E-state index in [-0.39, 0.29) is 17.8 Å². The number of rotatable bonds is 3. The quantitative estimate of drug-likeness (QED) is 0.516. The number of esters is 1. The standard InChI is InChI=1S/C20H28O3Si/c1-5-23-19(21)17-11-12-20(22,13-14-24(2,3)4)15-18(17)16-9-7-6-8-10-16/h6-10,17-18,22H,5,11-12,15H2,1-4H3/t17-,18+,20-/m0/s1. The summed E-state index contributed by atoms with van der Waals surface area (Å²) in [6.45, 7) is 8.72. The Kier molecular flexibility index (Phi) is 5.90. The van der Waals surface area contributed by atoms with E-state index < -0.39 is 13.7 Å². The Morgan fingerprint density at radius 1 is 1.33 bits per heavy atom. The van der Waals surface area contributed by atoms with Crippen LogP contribution < -0.4 is 0 Å². The first-order valence-corrected chi connectivity index (χ1v) is 12.2. The predicted molar refractivity (Wildman–Crippen MR) is 99.2 cm³/mol. The molecule has 1 fully saturated rings. The van der Waals surface area contributed by atoms with Gasteiger partial charge in [-0.05, 0) is 31.7 Å². The number of hydrogen-bond acceptors (Lipinski definition) is 3. The van der Waals surface area contributed by atoms with Gasteiger partial charge in [0.1, 0.15) is 13.7 Å². The number of carbonyl (C=O) groups is 1. The van der Waals surface area contributed by atoms with E-state index in [1.165, 1.54) is 0 Å². The van der Waals surface area contributed by atoms with Gasteiger partial charge in [0.15, 0.2) is 0 Å². The minimum Gasteiger partial charge on any atom is -0.466 e. The van der Waals surface area contributed by atoms with Gasteiger partial charge in [-0.25, -0.2) is 0 Å². The first-order chi connectivity index (χ1) is 11.2. The van der Waals surface area contributed by atoms with Gasteiger partial charge in [0.2, 0.25) is 0 Å². The number of aliphatic hydroxyl groups is 1. The molecular weight excluding hydrogens is 316 g/mol. The van der Waals surface area contributed by atoms with Crippen molar-refractivity contribution in [3.05, 3.63) is 35.9 Å². The Labute approximate surface area is 146 Å². The zero-order valence-electron chi connectivity index (χ0n) is 15.1. The van der Waals surface area contributed by atoms with Crippen LogP contribution in [0.5, 0.6) is 0 Å². The van der Waals surface area contributed by atoms with Gasteiger partial charge in [-0.1, -0.05) is 55.9 Å². The molecule has 0 bridgehead atoms. The van der Waals surface area contributed by atoms with Crippen LogP contribution in [-0.2, 0) is 9.53 Å². The van der Waals surface area contributed by atoms with Gasteiger partial charge in [-0.15, -0.1) is 5.54 Å². The van der Waals surface area contributed by atoms with E-state index in [0.29, 0.717) is 25.9 Å². The lowest BCUT2D eigenvalue weighted by Crippen LogP contribution is -2.40. The van der Waals surface area contributed by atoms with Gasteiger partial charge < -0.3 is 9.84 Å². The molecule has 0 spiro atoms. The topological polar surface area (TPSA) is 46.5 Å². The van der Waals surface area contributed by atoms with Crippen LogP contribution in [0.15, 0.2) is 30.3 Å². The van der Waals surface area contributed by atoms with Crippen LogP contribution in [0.25, 0.3) is 0 Å². The van der Waals surface area contributed by atoms with Crippen molar-refractivity contribution in [1.82, 2.24) is 0 Å². The molecule has 1 saturated carbocycles. The molecule has 0 amide bonds. The maximum atomic E-state index is 12.4. The highest BCUT2D eigenvalue weighted by Gasteiger charge is 2.43. The second kappa shape index (κ2) is 7.54. The van der Waals surface area contributed by atoms with E-state index in [0.717, 1.165) is 5.56 Å². The zero-order chi connectivity index (χ0) is 17.8. The molecule has 1 aromatic carbocycles. The van der Waals surface area contributed by atoms with Crippen molar-refractivity contribution >= 4 is 14.0 Å². The van der Waals surface area contributed by atoms with Crippen LogP contribution >= 0.6 is 0 Å². The predicted octanol–water partition coefficient (Wildman–Crippen LogP) is 3.75. The third-order valence-corrected chi connectivity index (χ3v) is 5.27. The van der Waals surface area contributed by atoms with Crippen molar-refractivity contribution in [2.45, 2.75) is 57.3 Å². The second-order valence-electron chi connectivity index (χ2n) is 7.65. The molecule has 0 saturated heterocycles. The number of hydrogen-bond donors (Lipinski definition) is 1. The summed E-state index contributed by atoms with van der Waals surface area (Å²) < 4.78 is 5.27. The normalized spacial score (nSPS) is 27.0. The van der Waals surface area contributed by atoms with Gasteiger partial charge in [-0.2, -0.15) is 0 Å². The largest absolute Gasteiger partial charge is 0.466 e. The number of benzene rings is 1. The van der Waals surface area contributed by atoms with E-state index >= 15 is 0 Å². The van der Waals surface area contributed by atoms with Crippen LogP contribution in [0.2, 0.25) is 19.6 Å². The van der Waals surface area contributed by atoms with Gasteiger partial charge in [0, 0.05) is 5.92 Å². The maximum Gasteiger partial charge on any atom is 0.309 e. The van der Waals surface area contributed by atoms with Crippen LogP contribution in [0.4, 0.5) is 0 Å². The summed E-state index contributed by atoms with van der Waals surface area (Å²) in [5.74, 6) is 2.72. The molecule has 0 aromatic heterocycles. The van der Waals surface area contributed by atoms with Gasteiger partial charge >= 0.3 is 5.97 Å². The monoisotopic (exact) mass is 344 g/mol. The lowest BCUT2D eigenvalue weighted by atomic mass is 9.69. The van der Waals surface area contributed by atoms with Crippen molar-refractivity contribution in [3.63, 3.8) is 0 Å². The van der Waals surface area contributed by atoms with E-state index in [1.807, 2.05) is 37.3 Å². The van der Waals surface area contributed by atoms with Gasteiger partial charge in [0.05, 0.1) is 12.5 Å². The lowest BCUT2D eigenvalue weighted by Gasteiger charge is -2.38. The smallest absolute Gasteiger partial charge is 0.309 e. The summed E-state index contributed by atoms with van der Waals surface area (Å²) in [7, 11) is -1.55. The summed E-state index contributed by atoms with van der Waals surface area (Å²) in [6.07, 6.45) is 1.62. The van der Waals surface area contributed by atoms with Crippen molar-refractivity contribution in [2.24, 2.45) is 5.92 Å². The summed E-state index contributed by atoms with van der Waals surface area (Å²) in [5, 5.41) is 11.0. The molecule has 24 heavy (non-hydrogen) atoms. The first-order valence-electron chi connectivity index (χ1n) is 8.72. The van der Waals surface area contributed by atoms with E-state index in [2.05, 4.69) is 31.1 Å². The van der Waals surface area contributed by atoms with E-state index in [4.69, 9.17) is 4.74 Å². The lowest BCUT2D eigenvalue weighted by molar-refractivity contribution is -0.151. The molecule has 0 radical (unpaired) electrons. The summed E-state index contributed by atoms with van der Waals surface area (Å²) in [4.78, 5) is 12.4. The Morgan fingerprint density at radius 2 is 2.00 bits per heavy atom. The molecule has 4 heteroatoms. The van der Waals surface area contributed by atoms with Crippen LogP contribution in [-0.4, -0.2) is 31.4 Å². The van der Waals surface area contributed by atoms with Gasteiger partial charge in [0.25, 0.3) is 0 Å². The average Bonchev–Trinajstić information content (AvgIpc) is 2.53. The molecule has 130 valence electrons. The van der Waals surface area contributed by atoms with Crippen LogP contribution in [0.1, 0.15) is 37.7 Å². The number of carbonyl (C=O) groups excluding carboxylic acids is 1. The minimum atomic E-state index is -1.55. The van der Waals surface area contributed by atoms with E-state index in [9.17, 15) is 9.90 Å². The van der Waals surface area contributed by atoms with Crippen LogP contribution in [0, 0.1) is 17.4 Å². The third-order valence-electron chi connectivity index (χ3n) is 4.40. The highest BCUT2D eigenvalue weighted by atomic mass is 28.3. The van der Waals surface area contributed by atoms with Crippen molar-refractivity contribution in [1.29, 1.82) is 0 Å². The summed E-state index contributed by atoms with van der Waals surface area (Å²) in [6, 6.07) is 9.95. The molecule has 0 heterocycles. The molecule has 1 N–H and O–H groups in total. The third kappa shape index (κ3) is 4.96. The Balaban J connectivity index is 2.30. The molecule has 2 rings (SSSR count). The molecule has 3 nitrogen and oxygen atoms in total. The van der Waals surface area contributed by atoms with Crippen molar-refractivity contribution in [2.75, 3.05) is 6.61 Å². The maximum absolute atomic E-state index is 12.4. The average molecular weight is 345 g/mol. The van der Waals surface area contributed by atoms with Crippen molar-refractivity contribution < 1.29 is 14.6 Å². The molecule has 3 atom stereocenters. The molecule has 1 aliphatic rings. The zero-order valence-corrected chi connectivity index (χ0v) is 16.1. The fraction of sp³-hybridized carbons (Fsp3) is 0.550. The first kappa shape index (κ1) is 18.8. The van der Waals surface area contributed by atoms with E-state index in [1.54, 1.807) is 0 Å². The highest BCUT2D eigenvalue weighted by Crippen LogP contribution is 2.43. The Bertz CT molecular complexity index is 624. The Morgan fingerprint density at radius 3 is 2.58 bits per heavy atom. The summed E-state index contributed by atoms with van der Waals surface area (Å²) in [5.41, 5.74) is 3.36. The number of ether oxygens (including phenoxy) is 1. The fourth-order valence-electron chi connectivity index (χ4n) is 3.20. The molecule has 1 aromatic rings. The highest BCUT2D eigenvalue weighted by molar-refractivity contribution is 6.83. The second-order valence-corrected chi connectivity index (χ2v) is 12.4. The van der Waals surface area contributed by atoms with Gasteiger partial charge in [-0.3, -0.25) is 4.79 Å². The Hall–Kier alpha value is -1.57. The van der Waals surface area contributed by atoms with Crippen LogP contribution in [0.3, 0.4) is 0 Å².